The van der Waals surface area contributed by atoms with Crippen LogP contribution in [0.15, 0.2) is 12.4 Å². The predicted molar refractivity (Wildman–Crippen MR) is 79.2 cm³/mol. The van der Waals surface area contributed by atoms with E-state index in [-0.39, 0.29) is 24.5 Å². The third-order valence-corrected chi connectivity index (χ3v) is 3.00. The van der Waals surface area contributed by atoms with Crippen molar-refractivity contribution in [2.24, 2.45) is 0 Å². The molecule has 12 heteroatoms. The van der Waals surface area contributed by atoms with E-state index in [2.05, 4.69) is 10.2 Å². The minimum Gasteiger partial charge on any atom is -0.263 e. The molecule has 0 saturated carbocycles. The second-order valence-corrected chi connectivity index (χ2v) is 4.59. The molecule has 0 atom stereocenters. The van der Waals surface area contributed by atoms with Gasteiger partial charge in [-0.3, -0.25) is 29.6 Å². The number of nitro groups is 2. The molecule has 0 radical (unpaired) electrons. The summed E-state index contributed by atoms with van der Waals surface area (Å²) >= 11 is 0. The molecule has 0 aliphatic heterocycles. The topological polar surface area (TPSA) is 122 Å². The summed E-state index contributed by atoms with van der Waals surface area (Å²) in [6.45, 7) is 2.06. The molecule has 0 aromatic carbocycles. The zero-order valence-corrected chi connectivity index (χ0v) is 13.1. The van der Waals surface area contributed by atoms with Gasteiger partial charge in [0.05, 0.1) is 22.9 Å². The van der Waals surface area contributed by atoms with E-state index in [0.717, 1.165) is 6.20 Å². The van der Waals surface area contributed by atoms with Gasteiger partial charge in [-0.2, -0.15) is 10.2 Å². The van der Waals surface area contributed by atoms with Crippen molar-refractivity contribution in [3.05, 3.63) is 44.0 Å². The molecule has 2 aromatic heterocycles. The highest BCUT2D eigenvalue weighted by atomic mass is 19.1. The Kier molecular flexibility index (Phi) is 6.89. The quantitative estimate of drug-likeness (QED) is 0.583. The van der Waals surface area contributed by atoms with Crippen molar-refractivity contribution >= 4 is 11.4 Å². The van der Waals surface area contributed by atoms with Crippen LogP contribution in [0.3, 0.4) is 0 Å². The molecule has 0 saturated heterocycles. The lowest BCUT2D eigenvalue weighted by Gasteiger charge is -1.97. The summed E-state index contributed by atoms with van der Waals surface area (Å²) in [5.41, 5.74) is 0.568. The van der Waals surface area contributed by atoms with Crippen LogP contribution < -0.4 is 0 Å². The van der Waals surface area contributed by atoms with E-state index in [9.17, 15) is 29.0 Å². The Bertz CT molecular complexity index is 702. The average molecular weight is 346 g/mol. The second-order valence-electron chi connectivity index (χ2n) is 4.59. The summed E-state index contributed by atoms with van der Waals surface area (Å²) < 4.78 is 26.1. The van der Waals surface area contributed by atoms with E-state index >= 15 is 0 Å². The van der Waals surface area contributed by atoms with Gasteiger partial charge in [0.15, 0.2) is 0 Å². The number of hydrogen-bond donors (Lipinski definition) is 0. The van der Waals surface area contributed by atoms with Crippen molar-refractivity contribution < 1.29 is 18.6 Å². The van der Waals surface area contributed by atoms with Crippen molar-refractivity contribution in [2.75, 3.05) is 13.3 Å². The van der Waals surface area contributed by atoms with Gasteiger partial charge in [-0.1, -0.05) is 0 Å². The first kappa shape index (κ1) is 19.1. The van der Waals surface area contributed by atoms with Crippen molar-refractivity contribution in [2.45, 2.75) is 26.9 Å². The predicted octanol–water partition coefficient (Wildman–Crippen LogP) is 2.14. The van der Waals surface area contributed by atoms with Gasteiger partial charge >= 0.3 is 11.4 Å². The molecule has 0 amide bonds. The van der Waals surface area contributed by atoms with E-state index in [0.29, 0.717) is 11.4 Å². The summed E-state index contributed by atoms with van der Waals surface area (Å²) in [6.07, 6.45) is 2.36. The first-order valence-electron chi connectivity index (χ1n) is 6.79. The van der Waals surface area contributed by atoms with Gasteiger partial charge in [0.2, 0.25) is 0 Å². The van der Waals surface area contributed by atoms with Gasteiger partial charge in [-0.05, 0) is 13.8 Å². The summed E-state index contributed by atoms with van der Waals surface area (Å²) in [5, 5.41) is 28.0. The Hall–Kier alpha value is -2.92. The Morgan fingerprint density at radius 2 is 1.67 bits per heavy atom. The van der Waals surface area contributed by atoms with Crippen molar-refractivity contribution in [1.82, 2.24) is 19.6 Å². The maximum Gasteiger partial charge on any atom is 0.309 e. The van der Waals surface area contributed by atoms with E-state index in [4.69, 9.17) is 0 Å². The number of hydrogen-bond acceptors (Lipinski definition) is 6. The van der Waals surface area contributed by atoms with Gasteiger partial charge in [-0.25, -0.2) is 8.78 Å². The highest BCUT2D eigenvalue weighted by molar-refractivity contribution is 5.31. The minimum absolute atomic E-state index is 0.0642. The van der Waals surface area contributed by atoms with Gasteiger partial charge in [0.25, 0.3) is 0 Å². The normalized spacial score (nSPS) is 10.2. The van der Waals surface area contributed by atoms with Crippen LogP contribution in [0.25, 0.3) is 0 Å². The molecule has 0 unspecified atom stereocenters. The van der Waals surface area contributed by atoms with Crippen molar-refractivity contribution in [3.63, 3.8) is 0 Å². The van der Waals surface area contributed by atoms with Gasteiger partial charge in [-0.15, -0.1) is 0 Å². The van der Waals surface area contributed by atoms with Crippen LogP contribution in [0.1, 0.15) is 11.4 Å². The molecule has 0 aliphatic carbocycles. The number of aryl methyl sites for hydroxylation is 3. The highest BCUT2D eigenvalue weighted by Gasteiger charge is 2.15. The largest absolute Gasteiger partial charge is 0.309 e. The highest BCUT2D eigenvalue weighted by Crippen LogP contribution is 2.15. The summed E-state index contributed by atoms with van der Waals surface area (Å²) in [4.78, 5) is 19.5. The van der Waals surface area contributed by atoms with Crippen LogP contribution in [0.2, 0.25) is 0 Å². The van der Waals surface area contributed by atoms with Crippen LogP contribution in [-0.4, -0.2) is 42.8 Å². The number of aromatic nitrogens is 4. The third-order valence-electron chi connectivity index (χ3n) is 3.00. The zero-order chi connectivity index (χ0) is 18.3. The molecule has 2 heterocycles. The standard InChI is InChI=1S/2C6H8FN3O2/c1-5-6(10(11)12)4-9(8-5)3-2-7;1-5-6(10(11)12)4-8-9(5)3-2-7/h2*4H,2-3H2,1H3. The molecule has 2 aromatic rings. The SMILES string of the molecule is Cc1c([N+](=O)[O-])cnn1CCF.Cc1nn(CCF)cc1[N+](=O)[O-]. The number of rotatable bonds is 6. The molecular weight excluding hydrogens is 330 g/mol. The maximum absolute atomic E-state index is 11.8. The minimum atomic E-state index is -0.571. The average Bonchev–Trinajstić information content (AvgIpc) is 3.04. The lowest BCUT2D eigenvalue weighted by Crippen LogP contribution is -2.03. The third kappa shape index (κ3) is 4.79. The smallest absolute Gasteiger partial charge is 0.263 e. The van der Waals surface area contributed by atoms with Crippen LogP contribution in [0, 0.1) is 34.1 Å². The first-order chi connectivity index (χ1) is 11.3. The van der Waals surface area contributed by atoms with Crippen LogP contribution >= 0.6 is 0 Å². The van der Waals surface area contributed by atoms with Crippen molar-refractivity contribution in [3.8, 4) is 0 Å². The van der Waals surface area contributed by atoms with E-state index in [1.54, 1.807) is 6.92 Å². The molecule has 0 bridgehead atoms. The van der Waals surface area contributed by atoms with Crippen LogP contribution in [0.4, 0.5) is 20.2 Å². The zero-order valence-electron chi connectivity index (χ0n) is 13.1. The lowest BCUT2D eigenvalue weighted by atomic mass is 10.4. The van der Waals surface area contributed by atoms with Crippen molar-refractivity contribution in [1.29, 1.82) is 0 Å². The number of alkyl halides is 2. The second kappa shape index (κ2) is 8.64. The van der Waals surface area contributed by atoms with Gasteiger partial charge in [0.1, 0.15) is 37.1 Å². The van der Waals surface area contributed by atoms with Crippen LogP contribution in [-0.2, 0) is 13.1 Å². The van der Waals surface area contributed by atoms with Gasteiger partial charge < -0.3 is 0 Å². The monoisotopic (exact) mass is 346 g/mol. The molecular formula is C12H16F2N6O4. The molecule has 24 heavy (non-hydrogen) atoms. The number of nitrogens with zero attached hydrogens (tertiary/aromatic N) is 6. The first-order valence-corrected chi connectivity index (χ1v) is 6.79. The molecule has 0 spiro atoms. The molecule has 10 nitrogen and oxygen atoms in total. The Morgan fingerprint density at radius 3 is 2.08 bits per heavy atom. The van der Waals surface area contributed by atoms with E-state index < -0.39 is 23.2 Å². The Balaban J connectivity index is 0.000000240. The van der Waals surface area contributed by atoms with Crippen LogP contribution in [0.5, 0.6) is 0 Å². The fraction of sp³-hybridized carbons (Fsp3) is 0.500. The Morgan fingerprint density at radius 1 is 1.08 bits per heavy atom. The van der Waals surface area contributed by atoms with E-state index in [1.165, 1.54) is 22.5 Å². The number of halogens is 2. The lowest BCUT2D eigenvalue weighted by molar-refractivity contribution is -0.385. The molecule has 0 N–H and O–H groups in total. The molecule has 0 fully saturated rings. The van der Waals surface area contributed by atoms with E-state index in [1.807, 2.05) is 0 Å². The molecule has 0 aliphatic rings. The fourth-order valence-corrected chi connectivity index (χ4v) is 1.81. The summed E-state index contributed by atoms with van der Waals surface area (Å²) in [6, 6.07) is 0. The Labute approximate surface area is 135 Å². The molecule has 132 valence electrons. The summed E-state index contributed by atoms with van der Waals surface area (Å²) in [5.74, 6) is 0. The summed E-state index contributed by atoms with van der Waals surface area (Å²) in [7, 11) is 0. The van der Waals surface area contributed by atoms with Gasteiger partial charge in [0, 0.05) is 0 Å². The molecule has 2 rings (SSSR count). The fourth-order valence-electron chi connectivity index (χ4n) is 1.81. The maximum atomic E-state index is 11.8.